The molecular formula is C6H7NO. The number of nitrogens with zero attached hydrogens (tertiary/aromatic N) is 1. The highest BCUT2D eigenvalue weighted by Gasteiger charge is 1.95. The normalized spacial score (nSPS) is 18.8. The molecule has 0 unspecified atom stereocenters. The summed E-state index contributed by atoms with van der Waals surface area (Å²) in [4.78, 5) is 14.2. The van der Waals surface area contributed by atoms with Gasteiger partial charge in [-0.2, -0.15) is 0 Å². The predicted octanol–water partition coefficient (Wildman–Crippen LogP) is 0.934. The predicted molar refractivity (Wildman–Crippen MR) is 31.9 cm³/mol. The van der Waals surface area contributed by atoms with E-state index >= 15 is 0 Å². The van der Waals surface area contributed by atoms with Gasteiger partial charge in [-0.3, -0.25) is 9.79 Å². The average molecular weight is 109 g/mol. The Balaban J connectivity index is 2.58. The fourth-order valence-corrected chi connectivity index (χ4v) is 0.552. The minimum atomic E-state index is 0.120. The Morgan fingerprint density at radius 2 is 2.50 bits per heavy atom. The van der Waals surface area contributed by atoms with E-state index in [9.17, 15) is 4.79 Å². The first-order chi connectivity index (χ1) is 3.89. The van der Waals surface area contributed by atoms with Gasteiger partial charge in [-0.05, 0) is 6.42 Å². The smallest absolute Gasteiger partial charge is 0.174 e. The van der Waals surface area contributed by atoms with E-state index in [0.29, 0.717) is 6.42 Å². The van der Waals surface area contributed by atoms with E-state index in [1.807, 2.05) is 6.08 Å². The summed E-state index contributed by atoms with van der Waals surface area (Å²) < 4.78 is 0. The second kappa shape index (κ2) is 2.40. The Morgan fingerprint density at radius 1 is 1.62 bits per heavy atom. The van der Waals surface area contributed by atoms with E-state index in [1.54, 1.807) is 6.20 Å². The maximum atomic E-state index is 10.5. The van der Waals surface area contributed by atoms with E-state index in [-0.39, 0.29) is 5.78 Å². The monoisotopic (exact) mass is 109 g/mol. The zero-order valence-corrected chi connectivity index (χ0v) is 4.50. The molecule has 2 nitrogen and oxygen atoms in total. The molecule has 0 aromatic heterocycles. The molecule has 0 aliphatic carbocycles. The van der Waals surface area contributed by atoms with Crippen molar-refractivity contribution in [2.45, 2.75) is 12.8 Å². The van der Waals surface area contributed by atoms with Gasteiger partial charge in [0.25, 0.3) is 0 Å². The number of Topliss-reactive ketones (excluding diaryl/α,β-unsaturated/α-hetero) is 1. The molecule has 2 heteroatoms. The van der Waals surface area contributed by atoms with Gasteiger partial charge in [0.15, 0.2) is 5.78 Å². The summed E-state index contributed by atoms with van der Waals surface area (Å²) >= 11 is 0. The second-order valence-electron chi connectivity index (χ2n) is 1.67. The maximum absolute atomic E-state index is 10.5. The fourth-order valence-electron chi connectivity index (χ4n) is 0.552. The van der Waals surface area contributed by atoms with Crippen molar-refractivity contribution in [3.8, 4) is 0 Å². The van der Waals surface area contributed by atoms with Gasteiger partial charge in [-0.15, -0.1) is 0 Å². The molecule has 0 aromatic carbocycles. The highest BCUT2D eigenvalue weighted by Crippen LogP contribution is 1.95. The van der Waals surface area contributed by atoms with Crippen LogP contribution in [0.15, 0.2) is 17.3 Å². The summed E-state index contributed by atoms with van der Waals surface area (Å²) in [5, 5.41) is 0. The van der Waals surface area contributed by atoms with Crippen molar-refractivity contribution in [2.75, 3.05) is 0 Å². The second-order valence-corrected chi connectivity index (χ2v) is 1.67. The van der Waals surface area contributed by atoms with Crippen molar-refractivity contribution >= 4 is 12.0 Å². The number of carbonyl (C=O) groups excluding carboxylic acids is 1. The first kappa shape index (κ1) is 5.22. The molecule has 0 fully saturated rings. The molecule has 0 atom stereocenters. The third kappa shape index (κ3) is 1.30. The zero-order valence-electron chi connectivity index (χ0n) is 4.50. The molecule has 1 rings (SSSR count). The molecule has 0 saturated carbocycles. The van der Waals surface area contributed by atoms with Gasteiger partial charge in [-0.1, -0.05) is 6.08 Å². The summed E-state index contributed by atoms with van der Waals surface area (Å²) in [6.07, 6.45) is 6.36. The Labute approximate surface area is 47.9 Å². The summed E-state index contributed by atoms with van der Waals surface area (Å²) in [6.45, 7) is 0. The molecule has 1 heterocycles. The van der Waals surface area contributed by atoms with Gasteiger partial charge in [0.1, 0.15) is 0 Å². The Morgan fingerprint density at radius 3 is 3.38 bits per heavy atom. The summed E-state index contributed by atoms with van der Waals surface area (Å²) in [5.74, 6) is 0.120. The zero-order chi connectivity index (χ0) is 5.82. The molecule has 0 aromatic rings. The first-order valence-corrected chi connectivity index (χ1v) is 2.60. The minimum absolute atomic E-state index is 0.120. The number of allylic oxidation sites excluding steroid dienone is 1. The highest BCUT2D eigenvalue weighted by molar-refractivity contribution is 6.27. The van der Waals surface area contributed by atoms with E-state index in [2.05, 4.69) is 4.99 Å². The molecule has 0 radical (unpaired) electrons. The average Bonchev–Trinajstić information content (AvgIpc) is 1.94. The van der Waals surface area contributed by atoms with E-state index in [1.165, 1.54) is 6.21 Å². The van der Waals surface area contributed by atoms with Crippen LogP contribution in [0.5, 0.6) is 0 Å². The lowest BCUT2D eigenvalue weighted by atomic mass is 10.2. The van der Waals surface area contributed by atoms with Crippen molar-refractivity contribution in [3.63, 3.8) is 0 Å². The quantitative estimate of drug-likeness (QED) is 0.455. The number of ketones is 1. The van der Waals surface area contributed by atoms with Gasteiger partial charge < -0.3 is 0 Å². The number of hydrogen-bond acceptors (Lipinski definition) is 2. The summed E-state index contributed by atoms with van der Waals surface area (Å²) in [7, 11) is 0. The lowest BCUT2D eigenvalue weighted by Crippen LogP contribution is -1.94. The molecule has 0 bridgehead atoms. The van der Waals surface area contributed by atoms with Crippen LogP contribution in [0.2, 0.25) is 0 Å². The van der Waals surface area contributed by atoms with Crippen molar-refractivity contribution in [1.82, 2.24) is 0 Å². The third-order valence-electron chi connectivity index (χ3n) is 0.967. The van der Waals surface area contributed by atoms with Crippen molar-refractivity contribution < 1.29 is 4.79 Å². The van der Waals surface area contributed by atoms with Gasteiger partial charge >= 0.3 is 0 Å². The van der Waals surface area contributed by atoms with E-state index in [4.69, 9.17) is 0 Å². The van der Waals surface area contributed by atoms with Crippen LogP contribution >= 0.6 is 0 Å². The minimum Gasteiger partial charge on any atom is -0.293 e. The largest absolute Gasteiger partial charge is 0.293 e. The summed E-state index contributed by atoms with van der Waals surface area (Å²) in [6, 6.07) is 0. The van der Waals surface area contributed by atoms with Crippen molar-refractivity contribution in [3.05, 3.63) is 12.3 Å². The lowest BCUT2D eigenvalue weighted by Gasteiger charge is -1.81. The van der Waals surface area contributed by atoms with Gasteiger partial charge in [0.2, 0.25) is 0 Å². The topological polar surface area (TPSA) is 29.4 Å². The molecule has 0 spiro atoms. The SMILES string of the molecule is O=C1C=NC=CCC1. The van der Waals surface area contributed by atoms with Crippen LogP contribution in [0.4, 0.5) is 0 Å². The number of aliphatic imine (C=N–C) groups is 1. The van der Waals surface area contributed by atoms with Crippen LogP contribution in [0.3, 0.4) is 0 Å². The molecule has 0 amide bonds. The maximum Gasteiger partial charge on any atom is 0.174 e. The van der Waals surface area contributed by atoms with E-state index in [0.717, 1.165) is 6.42 Å². The van der Waals surface area contributed by atoms with Crippen LogP contribution in [0.1, 0.15) is 12.8 Å². The Hall–Kier alpha value is -0.920. The third-order valence-corrected chi connectivity index (χ3v) is 0.967. The molecule has 1 aliphatic rings. The molecule has 42 valence electrons. The number of carbonyl (C=O) groups is 1. The van der Waals surface area contributed by atoms with Crippen LogP contribution in [0.25, 0.3) is 0 Å². The van der Waals surface area contributed by atoms with Gasteiger partial charge in [0, 0.05) is 12.6 Å². The lowest BCUT2D eigenvalue weighted by molar-refractivity contribution is -0.112. The number of hydrogen-bond donors (Lipinski definition) is 0. The molecule has 0 saturated heterocycles. The van der Waals surface area contributed by atoms with Crippen molar-refractivity contribution in [2.24, 2.45) is 4.99 Å². The van der Waals surface area contributed by atoms with Crippen LogP contribution in [0, 0.1) is 0 Å². The van der Waals surface area contributed by atoms with Crippen LogP contribution in [-0.2, 0) is 4.79 Å². The van der Waals surface area contributed by atoms with Crippen molar-refractivity contribution in [1.29, 1.82) is 0 Å². The first-order valence-electron chi connectivity index (χ1n) is 2.60. The standard InChI is InChI=1S/C6H7NO/c8-6-3-1-2-4-7-5-6/h2,4-5H,1,3H2. The molecule has 0 N–H and O–H groups in total. The van der Waals surface area contributed by atoms with Crippen LogP contribution in [-0.4, -0.2) is 12.0 Å². The van der Waals surface area contributed by atoms with E-state index < -0.39 is 0 Å². The molecule has 8 heavy (non-hydrogen) atoms. The molecule has 1 aliphatic heterocycles. The Bertz CT molecular complexity index is 147. The van der Waals surface area contributed by atoms with Crippen LogP contribution < -0.4 is 0 Å². The molecular weight excluding hydrogens is 102 g/mol. The van der Waals surface area contributed by atoms with Gasteiger partial charge in [0.05, 0.1) is 6.21 Å². The van der Waals surface area contributed by atoms with Gasteiger partial charge in [-0.25, -0.2) is 0 Å². The fraction of sp³-hybridized carbons (Fsp3) is 0.333. The summed E-state index contributed by atoms with van der Waals surface area (Å²) in [5.41, 5.74) is 0. The Kier molecular flexibility index (Phi) is 1.57. The number of rotatable bonds is 0. The highest BCUT2D eigenvalue weighted by atomic mass is 16.1.